The molecule has 1 aliphatic carbocycles. The molecular weight excluding hydrogens is 455 g/mol. The maximum absolute atomic E-state index is 13.5. The number of likely N-dealkylation sites (tertiary alicyclic amines) is 1. The van der Waals surface area contributed by atoms with E-state index in [1.807, 2.05) is 0 Å². The van der Waals surface area contributed by atoms with Crippen LogP contribution >= 0.6 is 0 Å². The number of ether oxygens (including phenoxy) is 1. The second-order valence-electron chi connectivity index (χ2n) is 9.35. The molecule has 2 saturated heterocycles. The number of hydrogen-bond acceptors (Lipinski definition) is 6. The fourth-order valence-electron chi connectivity index (χ4n) is 5.82. The van der Waals surface area contributed by atoms with Gasteiger partial charge in [0.1, 0.15) is 11.7 Å². The Bertz CT molecular complexity index is 962. The third-order valence-electron chi connectivity index (χ3n) is 7.50. The highest BCUT2D eigenvalue weighted by atomic mass is 19.4. The van der Waals surface area contributed by atoms with Crippen molar-refractivity contribution in [1.82, 2.24) is 4.90 Å². The van der Waals surface area contributed by atoms with Gasteiger partial charge >= 0.3 is 12.1 Å². The molecule has 186 valence electrons. The maximum Gasteiger partial charge on any atom is 0.416 e. The van der Waals surface area contributed by atoms with Crippen LogP contribution in [0.25, 0.3) is 0 Å². The second-order valence-corrected chi connectivity index (χ2v) is 9.35. The van der Waals surface area contributed by atoms with Gasteiger partial charge in [-0.25, -0.2) is 4.79 Å². The van der Waals surface area contributed by atoms with Crippen LogP contribution in [-0.2, 0) is 20.5 Å². The van der Waals surface area contributed by atoms with Crippen molar-refractivity contribution in [2.75, 3.05) is 25.1 Å². The summed E-state index contributed by atoms with van der Waals surface area (Å²) in [7, 11) is 1.32. The normalized spacial score (nSPS) is 25.7. The van der Waals surface area contributed by atoms with Crippen LogP contribution in [0.5, 0.6) is 0 Å². The average Bonchev–Trinajstić information content (AvgIpc) is 3.22. The fraction of sp³-hybridized carbons (Fsp3) is 0.652. The van der Waals surface area contributed by atoms with Crippen molar-refractivity contribution < 1.29 is 32.4 Å². The summed E-state index contributed by atoms with van der Waals surface area (Å²) in [5.74, 6) is -0.554. The molecule has 1 aromatic carbocycles. The highest BCUT2D eigenvalue weighted by molar-refractivity contribution is 5.87. The Morgan fingerprint density at radius 2 is 1.79 bits per heavy atom. The molecule has 8 nitrogen and oxygen atoms in total. The van der Waals surface area contributed by atoms with Crippen molar-refractivity contribution in [3.8, 4) is 0 Å². The van der Waals surface area contributed by atoms with Gasteiger partial charge in [-0.15, -0.1) is 0 Å². The van der Waals surface area contributed by atoms with Crippen molar-refractivity contribution in [3.63, 3.8) is 0 Å². The number of nitro groups is 1. The molecule has 0 aromatic heterocycles. The van der Waals surface area contributed by atoms with E-state index in [2.05, 4.69) is 0 Å². The lowest BCUT2D eigenvalue weighted by atomic mass is 9.84. The lowest BCUT2D eigenvalue weighted by Gasteiger charge is -2.38. The van der Waals surface area contributed by atoms with Gasteiger partial charge in [-0.3, -0.25) is 14.9 Å². The number of amides is 1. The zero-order valence-corrected chi connectivity index (χ0v) is 18.9. The number of fused-ring (bicyclic) bond motifs is 1. The standard InChI is InChI=1S/C23H28F3N3O5/c1-34-22(31)20-12-15-4-2-3-5-17(15)28(20)21(30)14-8-10-27(11-9-14)18-7-6-16(23(24,25)26)13-19(18)29(32)33/h6-7,13-15,17,20H,2-5,8-12H2,1H3. The number of alkyl halides is 3. The Balaban J connectivity index is 1.49. The molecule has 3 aliphatic rings. The van der Waals surface area contributed by atoms with Gasteiger partial charge in [-0.05, 0) is 50.2 Å². The van der Waals surface area contributed by atoms with Crippen LogP contribution in [0.3, 0.4) is 0 Å². The molecule has 1 amide bonds. The first-order chi connectivity index (χ1) is 16.1. The van der Waals surface area contributed by atoms with E-state index in [1.54, 1.807) is 9.80 Å². The number of anilines is 1. The van der Waals surface area contributed by atoms with E-state index < -0.39 is 34.4 Å². The van der Waals surface area contributed by atoms with E-state index in [9.17, 15) is 32.9 Å². The SMILES string of the molecule is COC(=O)C1CC2CCCCC2N1C(=O)C1CCN(c2ccc(C(F)(F)F)cc2[N+](=O)[O-])CC1. The predicted octanol–water partition coefficient (Wildman–Crippen LogP) is 4.16. The van der Waals surface area contributed by atoms with Gasteiger partial charge in [0.15, 0.2) is 0 Å². The van der Waals surface area contributed by atoms with Crippen LogP contribution in [0.2, 0.25) is 0 Å². The van der Waals surface area contributed by atoms with Gasteiger partial charge in [-0.1, -0.05) is 12.8 Å². The van der Waals surface area contributed by atoms with Crippen LogP contribution in [0.15, 0.2) is 18.2 Å². The van der Waals surface area contributed by atoms with Gasteiger partial charge < -0.3 is 14.5 Å². The molecule has 34 heavy (non-hydrogen) atoms. The highest BCUT2D eigenvalue weighted by Crippen LogP contribution is 2.42. The molecule has 3 unspecified atom stereocenters. The van der Waals surface area contributed by atoms with E-state index in [4.69, 9.17) is 4.74 Å². The molecule has 3 atom stereocenters. The minimum absolute atomic E-state index is 0.0272. The molecule has 0 spiro atoms. The van der Waals surface area contributed by atoms with Crippen molar-refractivity contribution in [2.45, 2.75) is 63.2 Å². The Morgan fingerprint density at radius 1 is 1.12 bits per heavy atom. The van der Waals surface area contributed by atoms with Gasteiger partial charge in [0.2, 0.25) is 5.91 Å². The van der Waals surface area contributed by atoms with Crippen LogP contribution < -0.4 is 4.90 Å². The maximum atomic E-state index is 13.5. The smallest absolute Gasteiger partial charge is 0.416 e. The third-order valence-corrected chi connectivity index (χ3v) is 7.50. The van der Waals surface area contributed by atoms with E-state index in [0.29, 0.717) is 38.4 Å². The van der Waals surface area contributed by atoms with Gasteiger partial charge in [-0.2, -0.15) is 13.2 Å². The first-order valence-corrected chi connectivity index (χ1v) is 11.6. The highest BCUT2D eigenvalue weighted by Gasteiger charge is 2.49. The summed E-state index contributed by atoms with van der Waals surface area (Å²) in [6.07, 6.45) is 0.678. The lowest BCUT2D eigenvalue weighted by molar-refractivity contribution is -0.384. The lowest BCUT2D eigenvalue weighted by Crippen LogP contribution is -2.51. The summed E-state index contributed by atoms with van der Waals surface area (Å²) in [5.41, 5.74) is -1.56. The van der Waals surface area contributed by atoms with Crippen molar-refractivity contribution in [3.05, 3.63) is 33.9 Å². The Hall–Kier alpha value is -2.85. The summed E-state index contributed by atoms with van der Waals surface area (Å²) >= 11 is 0. The number of nitrogens with zero attached hydrogens (tertiary/aromatic N) is 3. The molecule has 1 aromatic rings. The number of rotatable bonds is 4. The molecule has 2 aliphatic heterocycles. The van der Waals surface area contributed by atoms with Crippen LogP contribution in [0.4, 0.5) is 24.5 Å². The Kier molecular flexibility index (Phi) is 6.73. The van der Waals surface area contributed by atoms with E-state index in [0.717, 1.165) is 37.8 Å². The number of nitro benzene ring substituents is 1. The summed E-state index contributed by atoms with van der Waals surface area (Å²) in [5, 5.41) is 11.5. The van der Waals surface area contributed by atoms with Gasteiger partial charge in [0.05, 0.1) is 17.6 Å². The molecule has 11 heteroatoms. The number of benzene rings is 1. The van der Waals surface area contributed by atoms with Gasteiger partial charge in [0, 0.05) is 31.1 Å². The molecule has 2 heterocycles. The number of carbonyl (C=O) groups excluding carboxylic acids is 2. The van der Waals surface area contributed by atoms with E-state index in [1.165, 1.54) is 7.11 Å². The largest absolute Gasteiger partial charge is 0.467 e. The summed E-state index contributed by atoms with van der Waals surface area (Å²) in [6.45, 7) is 0.598. The van der Waals surface area contributed by atoms with Crippen molar-refractivity contribution >= 4 is 23.3 Å². The van der Waals surface area contributed by atoms with Crippen molar-refractivity contribution in [1.29, 1.82) is 0 Å². The molecule has 3 fully saturated rings. The summed E-state index contributed by atoms with van der Waals surface area (Å²) < 4.78 is 44.0. The number of methoxy groups -OCH3 is 1. The number of carbonyl (C=O) groups is 2. The van der Waals surface area contributed by atoms with E-state index >= 15 is 0 Å². The van der Waals surface area contributed by atoms with Crippen LogP contribution in [-0.4, -0.2) is 54.0 Å². The zero-order valence-electron chi connectivity index (χ0n) is 18.9. The summed E-state index contributed by atoms with van der Waals surface area (Å²) in [4.78, 5) is 40.0. The van der Waals surface area contributed by atoms with Gasteiger partial charge in [0.25, 0.3) is 5.69 Å². The van der Waals surface area contributed by atoms with Crippen molar-refractivity contribution in [2.24, 2.45) is 11.8 Å². The molecule has 0 radical (unpaired) electrons. The van der Waals surface area contributed by atoms with Crippen LogP contribution in [0, 0.1) is 22.0 Å². The quantitative estimate of drug-likeness (QED) is 0.363. The molecule has 0 N–H and O–H groups in total. The first-order valence-electron chi connectivity index (χ1n) is 11.6. The second kappa shape index (κ2) is 9.42. The predicted molar refractivity (Wildman–Crippen MR) is 116 cm³/mol. The molecule has 1 saturated carbocycles. The summed E-state index contributed by atoms with van der Waals surface area (Å²) in [6, 6.07) is 1.97. The monoisotopic (exact) mass is 483 g/mol. The topological polar surface area (TPSA) is 93.0 Å². The van der Waals surface area contributed by atoms with Crippen LogP contribution in [0.1, 0.15) is 50.5 Å². The molecular formula is C23H28F3N3O5. The fourth-order valence-corrected chi connectivity index (χ4v) is 5.82. The number of halogens is 3. The number of hydrogen-bond donors (Lipinski definition) is 0. The third kappa shape index (κ3) is 4.56. The number of piperidine rings is 1. The zero-order chi connectivity index (χ0) is 24.6. The Labute approximate surface area is 195 Å². The minimum atomic E-state index is -4.68. The number of esters is 1. The Morgan fingerprint density at radius 3 is 2.41 bits per heavy atom. The average molecular weight is 483 g/mol. The minimum Gasteiger partial charge on any atom is -0.467 e. The molecule has 0 bridgehead atoms. The molecule has 4 rings (SSSR count). The van der Waals surface area contributed by atoms with E-state index in [-0.39, 0.29) is 29.5 Å². The first kappa shape index (κ1) is 24.3.